The molecule has 0 fully saturated rings. The third-order valence-electron chi connectivity index (χ3n) is 2.43. The summed E-state index contributed by atoms with van der Waals surface area (Å²) in [4.78, 5) is 4.35. The number of aryl methyl sites for hydroxylation is 2. The van der Waals surface area contributed by atoms with Crippen LogP contribution in [0.3, 0.4) is 0 Å². The molecule has 2 rings (SSSR count). The number of rotatable bonds is 3. The molecule has 0 radical (unpaired) electrons. The van der Waals surface area contributed by atoms with Crippen molar-refractivity contribution in [2.24, 2.45) is 0 Å². The molecule has 1 aromatic carbocycles. The molecule has 0 atom stereocenters. The van der Waals surface area contributed by atoms with Crippen molar-refractivity contribution in [3.8, 4) is 0 Å². The molecule has 0 saturated carbocycles. The van der Waals surface area contributed by atoms with Crippen LogP contribution in [-0.4, -0.2) is 4.98 Å². The largest absolute Gasteiger partial charge is 0.440 e. The van der Waals surface area contributed by atoms with Crippen LogP contribution in [0, 0.1) is 6.92 Å². The van der Waals surface area contributed by atoms with Crippen LogP contribution in [-0.2, 0) is 6.42 Å². The van der Waals surface area contributed by atoms with E-state index in [2.05, 4.69) is 40.0 Å². The molecule has 1 heterocycles. The molecule has 0 amide bonds. The topological polar surface area (TPSA) is 26.0 Å². The summed E-state index contributed by atoms with van der Waals surface area (Å²) in [5.41, 5.74) is 3.13. The molecule has 15 heavy (non-hydrogen) atoms. The van der Waals surface area contributed by atoms with Crippen molar-refractivity contribution >= 4 is 27.0 Å². The summed E-state index contributed by atoms with van der Waals surface area (Å²) in [5.74, 6) is 0.721. The molecule has 0 aliphatic heterocycles. The van der Waals surface area contributed by atoms with Crippen molar-refractivity contribution in [2.45, 2.75) is 33.1 Å². The van der Waals surface area contributed by atoms with Crippen LogP contribution in [0.4, 0.5) is 0 Å². The summed E-state index contributed by atoms with van der Waals surface area (Å²) < 4.78 is 6.51. The Bertz CT molecular complexity index is 476. The number of nitrogens with zero attached hydrogens (tertiary/aromatic N) is 1. The highest BCUT2D eigenvalue weighted by Gasteiger charge is 2.07. The summed E-state index contributed by atoms with van der Waals surface area (Å²) in [7, 11) is 0. The summed E-state index contributed by atoms with van der Waals surface area (Å²) in [5, 5.41) is 0. The maximum atomic E-state index is 5.50. The lowest BCUT2D eigenvalue weighted by atomic mass is 10.1. The monoisotopic (exact) mass is 267 g/mol. The predicted octanol–water partition coefficient (Wildman–Crippen LogP) is 4.24. The van der Waals surface area contributed by atoms with Gasteiger partial charge >= 0.3 is 0 Å². The maximum absolute atomic E-state index is 5.50. The zero-order valence-corrected chi connectivity index (χ0v) is 10.6. The van der Waals surface area contributed by atoms with Gasteiger partial charge in [0.1, 0.15) is 5.52 Å². The fourth-order valence-corrected chi connectivity index (χ4v) is 2.26. The highest BCUT2D eigenvalue weighted by atomic mass is 79.9. The zero-order valence-electron chi connectivity index (χ0n) is 9.01. The van der Waals surface area contributed by atoms with E-state index in [1.165, 1.54) is 18.4 Å². The average Bonchev–Trinajstić information content (AvgIpc) is 2.56. The lowest BCUT2D eigenvalue weighted by Crippen LogP contribution is -1.85. The SMILES string of the molecule is CCCCc1cc(Br)c2oc(C)nc2c1. The van der Waals surface area contributed by atoms with Gasteiger partial charge in [-0.2, -0.15) is 0 Å². The molecule has 0 saturated heterocycles. The Morgan fingerprint density at radius 1 is 1.40 bits per heavy atom. The van der Waals surface area contributed by atoms with E-state index in [4.69, 9.17) is 4.42 Å². The molecular weight excluding hydrogens is 254 g/mol. The molecular formula is C12H14BrNO. The van der Waals surface area contributed by atoms with E-state index in [-0.39, 0.29) is 0 Å². The Balaban J connectivity index is 2.42. The molecule has 2 nitrogen and oxygen atoms in total. The van der Waals surface area contributed by atoms with Crippen LogP contribution in [0.5, 0.6) is 0 Å². The molecule has 0 aliphatic carbocycles. The van der Waals surface area contributed by atoms with Gasteiger partial charge in [0, 0.05) is 6.92 Å². The first-order valence-electron chi connectivity index (χ1n) is 5.26. The third-order valence-corrected chi connectivity index (χ3v) is 3.02. The first-order chi connectivity index (χ1) is 7.20. The number of oxazole rings is 1. The van der Waals surface area contributed by atoms with Crippen LogP contribution >= 0.6 is 15.9 Å². The van der Waals surface area contributed by atoms with Crippen LogP contribution in [0.2, 0.25) is 0 Å². The predicted molar refractivity (Wildman–Crippen MR) is 65.1 cm³/mol. The Hall–Kier alpha value is -0.830. The Labute approximate surface area is 97.8 Å². The fraction of sp³-hybridized carbons (Fsp3) is 0.417. The number of fused-ring (bicyclic) bond motifs is 1. The van der Waals surface area contributed by atoms with Gasteiger partial charge in [-0.3, -0.25) is 0 Å². The Morgan fingerprint density at radius 3 is 2.93 bits per heavy atom. The Kier molecular flexibility index (Phi) is 3.10. The van der Waals surface area contributed by atoms with Gasteiger partial charge in [-0.05, 0) is 46.5 Å². The number of unbranched alkanes of at least 4 members (excludes halogenated alkanes) is 1. The van der Waals surface area contributed by atoms with Crippen molar-refractivity contribution in [1.29, 1.82) is 0 Å². The van der Waals surface area contributed by atoms with E-state index in [1.54, 1.807) is 0 Å². The van der Waals surface area contributed by atoms with E-state index >= 15 is 0 Å². The maximum Gasteiger partial charge on any atom is 0.192 e. The minimum atomic E-state index is 0.721. The van der Waals surface area contributed by atoms with E-state index in [9.17, 15) is 0 Å². The van der Waals surface area contributed by atoms with E-state index in [1.807, 2.05) is 6.92 Å². The van der Waals surface area contributed by atoms with Gasteiger partial charge in [0.2, 0.25) is 0 Å². The van der Waals surface area contributed by atoms with Crippen molar-refractivity contribution in [3.05, 3.63) is 28.1 Å². The standard InChI is InChI=1S/C12H14BrNO/c1-3-4-5-9-6-10(13)12-11(7-9)14-8(2)15-12/h6-7H,3-5H2,1-2H3. The van der Waals surface area contributed by atoms with Crippen molar-refractivity contribution < 1.29 is 4.42 Å². The average molecular weight is 268 g/mol. The van der Waals surface area contributed by atoms with Gasteiger partial charge in [-0.1, -0.05) is 13.3 Å². The Morgan fingerprint density at radius 2 is 2.20 bits per heavy atom. The molecule has 2 aromatic rings. The van der Waals surface area contributed by atoms with Crippen LogP contribution in [0.15, 0.2) is 21.0 Å². The number of halogens is 1. The lowest BCUT2D eigenvalue weighted by Gasteiger charge is -2.00. The highest BCUT2D eigenvalue weighted by molar-refractivity contribution is 9.10. The molecule has 0 spiro atoms. The fourth-order valence-electron chi connectivity index (χ4n) is 1.68. The molecule has 80 valence electrons. The first-order valence-corrected chi connectivity index (χ1v) is 6.05. The molecule has 0 N–H and O–H groups in total. The van der Waals surface area contributed by atoms with Gasteiger partial charge < -0.3 is 4.42 Å². The van der Waals surface area contributed by atoms with E-state index in [0.717, 1.165) is 27.9 Å². The van der Waals surface area contributed by atoms with Crippen LogP contribution < -0.4 is 0 Å². The molecule has 0 unspecified atom stereocenters. The van der Waals surface area contributed by atoms with E-state index < -0.39 is 0 Å². The summed E-state index contributed by atoms with van der Waals surface area (Å²) in [6.45, 7) is 4.08. The quantitative estimate of drug-likeness (QED) is 0.832. The number of aromatic nitrogens is 1. The second kappa shape index (κ2) is 4.35. The lowest BCUT2D eigenvalue weighted by molar-refractivity contribution is 0.559. The van der Waals surface area contributed by atoms with Crippen LogP contribution in [0.25, 0.3) is 11.1 Å². The van der Waals surface area contributed by atoms with Gasteiger partial charge in [0.15, 0.2) is 11.5 Å². The minimum absolute atomic E-state index is 0.721. The summed E-state index contributed by atoms with van der Waals surface area (Å²) in [6.07, 6.45) is 3.54. The van der Waals surface area contributed by atoms with Gasteiger partial charge in [0.25, 0.3) is 0 Å². The van der Waals surface area contributed by atoms with Gasteiger partial charge in [-0.15, -0.1) is 0 Å². The number of hydrogen-bond donors (Lipinski definition) is 0. The minimum Gasteiger partial charge on any atom is -0.440 e. The summed E-state index contributed by atoms with van der Waals surface area (Å²) in [6, 6.07) is 4.24. The normalized spacial score (nSPS) is 11.1. The second-order valence-electron chi connectivity index (χ2n) is 3.76. The molecule has 1 aromatic heterocycles. The van der Waals surface area contributed by atoms with Gasteiger partial charge in [-0.25, -0.2) is 4.98 Å². The number of hydrogen-bond acceptors (Lipinski definition) is 2. The van der Waals surface area contributed by atoms with Crippen molar-refractivity contribution in [2.75, 3.05) is 0 Å². The second-order valence-corrected chi connectivity index (χ2v) is 4.62. The van der Waals surface area contributed by atoms with Crippen molar-refractivity contribution in [3.63, 3.8) is 0 Å². The molecule has 0 bridgehead atoms. The molecule has 3 heteroatoms. The smallest absolute Gasteiger partial charge is 0.192 e. The van der Waals surface area contributed by atoms with E-state index in [0.29, 0.717) is 0 Å². The number of benzene rings is 1. The first kappa shape index (κ1) is 10.7. The zero-order chi connectivity index (χ0) is 10.8. The summed E-state index contributed by atoms with van der Waals surface area (Å²) >= 11 is 3.52. The third kappa shape index (κ3) is 2.23. The van der Waals surface area contributed by atoms with Crippen molar-refractivity contribution in [1.82, 2.24) is 4.98 Å². The highest BCUT2D eigenvalue weighted by Crippen LogP contribution is 2.27. The van der Waals surface area contributed by atoms with Crippen LogP contribution in [0.1, 0.15) is 31.2 Å². The van der Waals surface area contributed by atoms with Gasteiger partial charge in [0.05, 0.1) is 4.47 Å². The molecule has 0 aliphatic rings.